The molecule has 1 N–H and O–H groups in total. The maximum atomic E-state index is 4.67. The third-order valence-electron chi connectivity index (χ3n) is 0.785. The number of ether oxygens (including phenoxy) is 1. The predicted molar refractivity (Wildman–Crippen MR) is 47.2 cm³/mol. The molecular weight excluding hydrogens is 140 g/mol. The Morgan fingerprint density at radius 3 is 2.64 bits per heavy atom. The lowest BCUT2D eigenvalue weighted by Crippen LogP contribution is -1.96. The van der Waals surface area contributed by atoms with Crippen LogP contribution in [-0.4, -0.2) is 12.8 Å². The van der Waals surface area contributed by atoms with Crippen molar-refractivity contribution in [2.24, 2.45) is 5.10 Å². The first-order valence-corrected chi connectivity index (χ1v) is 3.38. The number of nitrogens with one attached hydrogen (secondary N) is 1. The van der Waals surface area contributed by atoms with Crippen molar-refractivity contribution >= 4 is 5.71 Å². The second kappa shape index (κ2) is 6.86. The average molecular weight is 154 g/mol. The van der Waals surface area contributed by atoms with Gasteiger partial charge in [-0.3, -0.25) is 5.43 Å². The Kier molecular flexibility index (Phi) is 6.08. The van der Waals surface area contributed by atoms with Crippen LogP contribution < -0.4 is 5.43 Å². The summed E-state index contributed by atoms with van der Waals surface area (Å²) in [4.78, 5) is 0. The fourth-order valence-electron chi connectivity index (χ4n) is 0.389. The van der Waals surface area contributed by atoms with Gasteiger partial charge in [-0.1, -0.05) is 0 Å². The highest BCUT2D eigenvalue weighted by Crippen LogP contribution is 1.75. The Labute approximate surface area is 67.4 Å². The molecule has 0 rings (SSSR count). The van der Waals surface area contributed by atoms with Crippen molar-refractivity contribution in [3.05, 3.63) is 24.6 Å². The largest absolute Gasteiger partial charge is 0.504 e. The monoisotopic (exact) mass is 154 g/mol. The molecule has 0 heterocycles. The molecule has 11 heavy (non-hydrogen) atoms. The van der Waals surface area contributed by atoms with E-state index in [0.29, 0.717) is 0 Å². The van der Waals surface area contributed by atoms with Crippen LogP contribution in [0.3, 0.4) is 0 Å². The summed E-state index contributed by atoms with van der Waals surface area (Å²) < 4.78 is 4.67. The molecule has 0 aromatic rings. The van der Waals surface area contributed by atoms with E-state index in [9.17, 15) is 0 Å². The highest BCUT2D eigenvalue weighted by molar-refractivity contribution is 5.78. The number of methoxy groups -OCH3 is 1. The molecule has 0 atom stereocenters. The minimum absolute atomic E-state index is 0.991. The molecule has 3 nitrogen and oxygen atoms in total. The molecule has 0 radical (unpaired) electrons. The van der Waals surface area contributed by atoms with E-state index in [2.05, 4.69) is 15.3 Å². The molecule has 0 aromatic carbocycles. The van der Waals surface area contributed by atoms with E-state index in [1.165, 1.54) is 0 Å². The van der Waals surface area contributed by atoms with Gasteiger partial charge in [0.05, 0.1) is 13.4 Å². The van der Waals surface area contributed by atoms with Crippen LogP contribution in [0.5, 0.6) is 0 Å². The second-order valence-corrected chi connectivity index (χ2v) is 2.11. The zero-order valence-corrected chi connectivity index (χ0v) is 7.16. The van der Waals surface area contributed by atoms with Gasteiger partial charge in [-0.2, -0.15) is 5.10 Å². The van der Waals surface area contributed by atoms with E-state index in [0.717, 1.165) is 5.71 Å². The highest BCUT2D eigenvalue weighted by Gasteiger charge is 1.71. The third-order valence-corrected chi connectivity index (χ3v) is 0.785. The van der Waals surface area contributed by atoms with Gasteiger partial charge in [-0.15, -0.1) is 0 Å². The van der Waals surface area contributed by atoms with Gasteiger partial charge in [0, 0.05) is 11.9 Å². The summed E-state index contributed by atoms with van der Waals surface area (Å²) in [6, 6.07) is 0. The van der Waals surface area contributed by atoms with Crippen LogP contribution in [0.15, 0.2) is 29.7 Å². The minimum atomic E-state index is 0.991. The van der Waals surface area contributed by atoms with Crippen LogP contribution in [-0.2, 0) is 4.74 Å². The SMILES string of the molecule is CO/C=C/C=C\NN=C(C)C. The summed E-state index contributed by atoms with van der Waals surface area (Å²) in [6.45, 7) is 3.84. The molecule has 0 amide bonds. The zero-order valence-electron chi connectivity index (χ0n) is 7.16. The number of hydrogen-bond acceptors (Lipinski definition) is 3. The lowest BCUT2D eigenvalue weighted by molar-refractivity contribution is 0.338. The smallest absolute Gasteiger partial charge is 0.0825 e. The molecule has 0 aromatic heterocycles. The molecule has 0 fully saturated rings. The van der Waals surface area contributed by atoms with Crippen molar-refractivity contribution in [2.45, 2.75) is 13.8 Å². The summed E-state index contributed by atoms with van der Waals surface area (Å²) in [5, 5.41) is 3.93. The van der Waals surface area contributed by atoms with Crippen LogP contribution in [0.1, 0.15) is 13.8 Å². The summed E-state index contributed by atoms with van der Waals surface area (Å²) >= 11 is 0. The Morgan fingerprint density at radius 2 is 2.09 bits per heavy atom. The Hall–Kier alpha value is -1.25. The lowest BCUT2D eigenvalue weighted by Gasteiger charge is -1.89. The van der Waals surface area contributed by atoms with Gasteiger partial charge in [0.1, 0.15) is 0 Å². The van der Waals surface area contributed by atoms with Crippen molar-refractivity contribution in [2.75, 3.05) is 7.11 Å². The molecule has 0 aliphatic carbocycles. The van der Waals surface area contributed by atoms with Gasteiger partial charge in [0.2, 0.25) is 0 Å². The van der Waals surface area contributed by atoms with E-state index in [4.69, 9.17) is 0 Å². The van der Waals surface area contributed by atoms with Gasteiger partial charge in [0.15, 0.2) is 0 Å². The van der Waals surface area contributed by atoms with Crippen molar-refractivity contribution in [3.8, 4) is 0 Å². The normalized spacial score (nSPS) is 10.5. The molecule has 0 aliphatic rings. The van der Waals surface area contributed by atoms with Gasteiger partial charge < -0.3 is 4.74 Å². The van der Waals surface area contributed by atoms with Gasteiger partial charge in [0.25, 0.3) is 0 Å². The maximum absolute atomic E-state index is 4.67. The molecule has 3 heteroatoms. The molecule has 0 unspecified atom stereocenters. The summed E-state index contributed by atoms with van der Waals surface area (Å²) in [7, 11) is 1.60. The number of allylic oxidation sites excluding steroid dienone is 2. The molecule has 0 spiro atoms. The summed E-state index contributed by atoms with van der Waals surface area (Å²) in [5.74, 6) is 0. The molecule has 0 aliphatic heterocycles. The molecule has 0 saturated carbocycles. The second-order valence-electron chi connectivity index (χ2n) is 2.11. The minimum Gasteiger partial charge on any atom is -0.504 e. The third kappa shape index (κ3) is 8.75. The standard InChI is InChI=1S/C8H14N2O/c1-8(2)10-9-6-4-5-7-11-3/h4-7,9H,1-3H3/b6-4-,7-5+. The summed E-state index contributed by atoms with van der Waals surface area (Å²) in [6.07, 6.45) is 6.88. The average Bonchev–Trinajstić information content (AvgIpc) is 1.96. The van der Waals surface area contributed by atoms with E-state index in [1.54, 1.807) is 31.7 Å². The Bertz CT molecular complexity index is 167. The van der Waals surface area contributed by atoms with E-state index in [-0.39, 0.29) is 0 Å². The fourth-order valence-corrected chi connectivity index (χ4v) is 0.389. The van der Waals surface area contributed by atoms with Gasteiger partial charge in [-0.25, -0.2) is 0 Å². The van der Waals surface area contributed by atoms with Gasteiger partial charge >= 0.3 is 0 Å². The van der Waals surface area contributed by atoms with Crippen LogP contribution in [0.25, 0.3) is 0 Å². The van der Waals surface area contributed by atoms with E-state index >= 15 is 0 Å². The van der Waals surface area contributed by atoms with Crippen molar-refractivity contribution in [1.29, 1.82) is 0 Å². The van der Waals surface area contributed by atoms with Crippen LogP contribution in [0.2, 0.25) is 0 Å². The fraction of sp³-hybridized carbons (Fsp3) is 0.375. The first-order valence-electron chi connectivity index (χ1n) is 3.38. The number of rotatable bonds is 4. The van der Waals surface area contributed by atoms with E-state index < -0.39 is 0 Å². The summed E-state index contributed by atoms with van der Waals surface area (Å²) in [5.41, 5.74) is 3.74. The van der Waals surface area contributed by atoms with Crippen LogP contribution >= 0.6 is 0 Å². The van der Waals surface area contributed by atoms with Crippen molar-refractivity contribution in [1.82, 2.24) is 5.43 Å². The molecule has 62 valence electrons. The number of hydrogen-bond donors (Lipinski definition) is 1. The van der Waals surface area contributed by atoms with Crippen molar-refractivity contribution in [3.63, 3.8) is 0 Å². The lowest BCUT2D eigenvalue weighted by atomic mass is 10.5. The first kappa shape index (κ1) is 9.75. The van der Waals surface area contributed by atoms with Crippen LogP contribution in [0, 0.1) is 0 Å². The Balaban J connectivity index is 3.45. The number of nitrogens with zero attached hydrogens (tertiary/aromatic N) is 1. The first-order chi connectivity index (χ1) is 5.27. The molecule has 0 bridgehead atoms. The highest BCUT2D eigenvalue weighted by atomic mass is 16.5. The van der Waals surface area contributed by atoms with Crippen molar-refractivity contribution < 1.29 is 4.74 Å². The molecular formula is C8H14N2O. The number of hydrazone groups is 1. The van der Waals surface area contributed by atoms with E-state index in [1.807, 2.05) is 13.8 Å². The Morgan fingerprint density at radius 1 is 1.36 bits per heavy atom. The topological polar surface area (TPSA) is 33.6 Å². The quantitative estimate of drug-likeness (QED) is 0.289. The molecule has 0 saturated heterocycles. The van der Waals surface area contributed by atoms with Gasteiger partial charge in [-0.05, 0) is 26.0 Å². The van der Waals surface area contributed by atoms with Crippen LogP contribution in [0.4, 0.5) is 0 Å². The predicted octanol–water partition coefficient (Wildman–Crippen LogP) is 1.65. The zero-order chi connectivity index (χ0) is 8.53. The maximum Gasteiger partial charge on any atom is 0.0825 e.